The van der Waals surface area contributed by atoms with Crippen molar-refractivity contribution in [2.45, 2.75) is 26.9 Å². The molecule has 0 spiro atoms. The summed E-state index contributed by atoms with van der Waals surface area (Å²) in [5, 5.41) is 0. The molecule has 358 valence electrons. The van der Waals surface area contributed by atoms with Crippen molar-refractivity contribution in [1.29, 1.82) is 0 Å². The van der Waals surface area contributed by atoms with E-state index in [0.29, 0.717) is 0 Å². The summed E-state index contributed by atoms with van der Waals surface area (Å²) in [6.45, 7) is 3.72. The molecule has 0 aliphatic rings. The second-order valence-electron chi connectivity index (χ2n) is 11.1. The largest absolute Gasteiger partial charge is 0.452 e. The minimum atomic E-state index is -1.37. The quantitative estimate of drug-likeness (QED) is 0.169. The fraction of sp³-hybridized carbons (Fsp3) is 0.0779. The monoisotopic (exact) mass is 1030 g/mol. The molecule has 0 radical (unpaired) electrons. The van der Waals surface area contributed by atoms with Gasteiger partial charge in [-0.25, -0.2) is 14.4 Å². The number of carbonyl (C=O) groups excluding carboxylic acids is 3. The summed E-state index contributed by atoms with van der Waals surface area (Å²) in [5.74, 6) is 162. The Balaban J connectivity index is 5.64. The molecular formula is C77H14O6. The Morgan fingerprint density at radius 1 is 0.205 bits per heavy atom. The summed E-state index contributed by atoms with van der Waals surface area (Å²) in [7, 11) is 0. The number of ether oxygens (including phenoxy) is 3. The van der Waals surface area contributed by atoms with E-state index < -0.39 is 37.2 Å². The molecule has 0 aromatic rings. The van der Waals surface area contributed by atoms with Gasteiger partial charge in [-0.1, -0.05) is 17.8 Å². The zero-order valence-corrected chi connectivity index (χ0v) is 42.9. The van der Waals surface area contributed by atoms with Gasteiger partial charge in [-0.15, -0.1) is 0 Å². The highest BCUT2D eigenvalue weighted by atomic mass is 16.6. The summed E-state index contributed by atoms with van der Waals surface area (Å²) >= 11 is 0. The standard InChI is InChI=1S/C77H14O6/c1-4-7-10-13-16-19-22-25-28-30-32-34-36-38-40-42-44-46-49-51-54-57-60-63-66-69-75(78)81-72-74(83-77(80)71-68-65-62-59-56-53-48-27-24-21-18-15-12-9-6-3)73-82-76(79)70-67-64-61-58-55-52-50-47-45-43-41-39-37-35-33-31-29-26-23-20-17-14-11-8-5-2/h74H,72-73H2,1-3H3. The van der Waals surface area contributed by atoms with Crippen LogP contribution in [0, 0.1) is 403 Å². The van der Waals surface area contributed by atoms with Gasteiger partial charge in [0, 0.05) is 112 Å². The van der Waals surface area contributed by atoms with E-state index in [-0.39, 0.29) is 0 Å². The molecule has 0 aromatic carbocycles. The van der Waals surface area contributed by atoms with Gasteiger partial charge in [-0.2, -0.15) is 0 Å². The van der Waals surface area contributed by atoms with Crippen molar-refractivity contribution in [3.8, 4) is 403 Å². The van der Waals surface area contributed by atoms with E-state index in [1.165, 1.54) is 0 Å². The van der Waals surface area contributed by atoms with E-state index in [1.54, 1.807) is 20.8 Å². The number of rotatable bonds is 5. The molecule has 0 heterocycles. The molecule has 0 unspecified atom stereocenters. The number of carbonyl (C=O) groups is 3. The minimum absolute atomic E-state index is 0.632. The Labute approximate surface area is 486 Å². The summed E-state index contributed by atoms with van der Waals surface area (Å²) in [6, 6.07) is 0. The average Bonchev–Trinajstić information content (AvgIpc) is 3.49. The first-order chi connectivity index (χ1) is 41.0. The predicted molar refractivity (Wildman–Crippen MR) is 313 cm³/mol. The molecule has 0 aromatic heterocycles. The van der Waals surface area contributed by atoms with Crippen molar-refractivity contribution in [3.05, 3.63) is 0 Å². The Bertz CT molecular complexity index is 4840. The topological polar surface area (TPSA) is 78.9 Å². The molecule has 83 heavy (non-hydrogen) atoms. The van der Waals surface area contributed by atoms with E-state index in [1.807, 2.05) is 0 Å². The first-order valence-corrected chi connectivity index (χ1v) is 21.4. The highest BCUT2D eigenvalue weighted by Crippen LogP contribution is 1.98. The first kappa shape index (κ1) is 66.4. The van der Waals surface area contributed by atoms with Crippen LogP contribution in [0.25, 0.3) is 0 Å². The van der Waals surface area contributed by atoms with Crippen LogP contribution in [-0.4, -0.2) is 37.2 Å². The highest BCUT2D eigenvalue weighted by molar-refractivity contribution is 5.90. The van der Waals surface area contributed by atoms with Gasteiger partial charge in [0.05, 0.1) is 0 Å². The van der Waals surface area contributed by atoms with Gasteiger partial charge in [0.2, 0.25) is 0 Å². The maximum Gasteiger partial charge on any atom is 0.385 e. The van der Waals surface area contributed by atoms with E-state index >= 15 is 0 Å². The lowest BCUT2D eigenvalue weighted by Gasteiger charge is -2.15. The molecule has 0 aliphatic heterocycles. The molecule has 0 rings (SSSR count). The van der Waals surface area contributed by atoms with Crippen molar-refractivity contribution in [3.63, 3.8) is 0 Å². The van der Waals surface area contributed by atoms with Gasteiger partial charge < -0.3 is 14.2 Å². The second kappa shape index (κ2) is 58.0. The molecule has 0 saturated heterocycles. The van der Waals surface area contributed by atoms with Crippen LogP contribution in [0.2, 0.25) is 0 Å². The first-order valence-electron chi connectivity index (χ1n) is 21.4. The smallest absolute Gasteiger partial charge is 0.385 e. The Morgan fingerprint density at radius 3 is 0.494 bits per heavy atom. The molecule has 0 N–H and O–H groups in total. The molecule has 6 nitrogen and oxygen atoms in total. The molecular weight excluding hydrogens is 1020 g/mol. The molecule has 0 aliphatic carbocycles. The summed E-state index contributed by atoms with van der Waals surface area (Å²) < 4.78 is 15.2. The van der Waals surface area contributed by atoms with E-state index in [9.17, 15) is 14.4 Å². The van der Waals surface area contributed by atoms with Crippen molar-refractivity contribution in [2.75, 3.05) is 13.2 Å². The SMILES string of the molecule is CC#CC#CC#CC#CC#CC#CC#CC#CC#CC#CC#CC#CC#CC(=O)OCC(COC(=O)C#CC#CC#CC#CC#CC#CC#CC#CC#CC#CC#CC#CC#CC)OC(=O)C#CC#CC#CC#CC#CC#CC#CC#CC. The van der Waals surface area contributed by atoms with Gasteiger partial charge in [0.25, 0.3) is 0 Å². The number of esters is 3. The lowest BCUT2D eigenvalue weighted by Crippen LogP contribution is -2.30. The van der Waals surface area contributed by atoms with Crippen molar-refractivity contribution < 1.29 is 28.6 Å². The Kier molecular flexibility index (Phi) is 46.5. The van der Waals surface area contributed by atoms with Crippen LogP contribution >= 0.6 is 0 Å². The zero-order valence-electron chi connectivity index (χ0n) is 42.9. The van der Waals surface area contributed by atoms with E-state index in [2.05, 4.69) is 403 Å². The molecule has 0 saturated carbocycles. The molecule has 0 bridgehead atoms. The maximum atomic E-state index is 12.4. The lowest BCUT2D eigenvalue weighted by atomic mass is 10.4. The fourth-order valence-corrected chi connectivity index (χ4v) is 2.89. The van der Waals surface area contributed by atoms with Crippen molar-refractivity contribution in [2.24, 2.45) is 0 Å². The average molecular weight is 1030 g/mol. The predicted octanol–water partition coefficient (Wildman–Crippen LogP) is 0.160. The van der Waals surface area contributed by atoms with Crippen LogP contribution in [0.15, 0.2) is 0 Å². The Morgan fingerprint density at radius 2 is 0.337 bits per heavy atom. The van der Waals surface area contributed by atoms with Crippen LogP contribution in [0.4, 0.5) is 0 Å². The van der Waals surface area contributed by atoms with Gasteiger partial charge in [-0.3, -0.25) is 0 Å². The van der Waals surface area contributed by atoms with Crippen LogP contribution in [-0.2, 0) is 28.6 Å². The van der Waals surface area contributed by atoms with Gasteiger partial charge in [0.15, 0.2) is 6.10 Å². The molecule has 0 atom stereocenters. The number of hydrogen-bond donors (Lipinski definition) is 0. The second-order valence-corrected chi connectivity index (χ2v) is 11.1. The maximum absolute atomic E-state index is 12.4. The lowest BCUT2D eigenvalue weighted by molar-refractivity contribution is -0.158. The highest BCUT2D eigenvalue weighted by Gasteiger charge is 2.18. The zero-order chi connectivity index (χ0) is 59.9. The van der Waals surface area contributed by atoms with Crippen molar-refractivity contribution in [1.82, 2.24) is 0 Å². The molecule has 0 amide bonds. The molecule has 0 fully saturated rings. The summed E-state index contributed by atoms with van der Waals surface area (Å²) in [5.41, 5.74) is 0. The van der Waals surface area contributed by atoms with Crippen LogP contribution in [0.1, 0.15) is 20.8 Å². The third-order valence-corrected chi connectivity index (χ3v) is 5.63. The van der Waals surface area contributed by atoms with Crippen LogP contribution < -0.4 is 0 Å². The molecule has 6 heteroatoms. The summed E-state index contributed by atoms with van der Waals surface area (Å²) in [4.78, 5) is 36.9. The summed E-state index contributed by atoms with van der Waals surface area (Å²) in [6.07, 6.45) is -1.37. The van der Waals surface area contributed by atoms with Crippen LogP contribution in [0.3, 0.4) is 0 Å². The van der Waals surface area contributed by atoms with Crippen LogP contribution in [0.5, 0.6) is 0 Å². The van der Waals surface area contributed by atoms with Crippen molar-refractivity contribution >= 4 is 17.9 Å². The van der Waals surface area contributed by atoms with E-state index in [4.69, 9.17) is 14.2 Å². The number of hydrogen-bond acceptors (Lipinski definition) is 6. The normalized spacial score (nSPS) is 5.01. The Hall–Kier alpha value is -16.6. The van der Waals surface area contributed by atoms with Gasteiger partial charge >= 0.3 is 17.9 Å². The van der Waals surface area contributed by atoms with Gasteiger partial charge in [-0.05, 0) is 293 Å². The van der Waals surface area contributed by atoms with E-state index in [0.717, 1.165) is 0 Å². The fourth-order valence-electron chi connectivity index (χ4n) is 2.89. The third kappa shape index (κ3) is 56.2. The van der Waals surface area contributed by atoms with Gasteiger partial charge in [0.1, 0.15) is 13.2 Å². The minimum Gasteiger partial charge on any atom is -0.452 e. The third-order valence-electron chi connectivity index (χ3n) is 5.63.